The molecule has 3 heteroatoms. The first kappa shape index (κ1) is 23.6. The lowest BCUT2D eigenvalue weighted by atomic mass is 10.0. The lowest BCUT2D eigenvalue weighted by Gasteiger charge is -2.33. The third kappa shape index (κ3) is 4.21. The molecule has 0 aliphatic heterocycles. The topological polar surface area (TPSA) is 26.3 Å². The van der Waals surface area contributed by atoms with Crippen LogP contribution in [-0.4, -0.2) is 18.2 Å². The second-order valence-corrected chi connectivity index (χ2v) is 11.8. The van der Waals surface area contributed by atoms with E-state index < -0.39 is 6.89 Å². The highest BCUT2D eigenvalue weighted by Crippen LogP contribution is 2.49. The lowest BCUT2D eigenvalue weighted by Crippen LogP contribution is -2.34. The van der Waals surface area contributed by atoms with Gasteiger partial charge >= 0.3 is 0 Å². The zero-order chi connectivity index (χ0) is 24.8. The van der Waals surface area contributed by atoms with Crippen LogP contribution in [0.5, 0.6) is 5.75 Å². The van der Waals surface area contributed by atoms with Gasteiger partial charge in [-0.05, 0) is 28.9 Å². The van der Waals surface area contributed by atoms with Crippen molar-refractivity contribution in [3.05, 3.63) is 157 Å². The molecule has 0 atom stereocenters. The van der Waals surface area contributed by atoms with Crippen LogP contribution in [0, 0.1) is 0 Å². The minimum atomic E-state index is -2.66. The van der Waals surface area contributed by atoms with Gasteiger partial charge < -0.3 is 4.74 Å². The van der Waals surface area contributed by atoms with E-state index >= 15 is 0 Å². The molecule has 5 aromatic carbocycles. The van der Waals surface area contributed by atoms with E-state index in [1.165, 1.54) is 0 Å². The van der Waals surface area contributed by atoms with Gasteiger partial charge in [0.05, 0.1) is 7.11 Å². The van der Waals surface area contributed by atoms with Crippen molar-refractivity contribution in [1.82, 2.24) is 0 Å². The molecule has 0 N–H and O–H groups in total. The zero-order valence-corrected chi connectivity index (χ0v) is 21.0. The van der Waals surface area contributed by atoms with E-state index in [0.29, 0.717) is 11.3 Å². The fraction of sp³-hybridized carbons (Fsp3) is 0.0303. The number of ether oxygens (including phenoxy) is 1. The summed E-state index contributed by atoms with van der Waals surface area (Å²) in [4.78, 5) is 14.7. The van der Waals surface area contributed by atoms with Crippen molar-refractivity contribution in [2.75, 3.05) is 7.11 Å². The maximum absolute atomic E-state index is 14.7. The molecule has 2 nitrogen and oxygen atoms in total. The van der Waals surface area contributed by atoms with Crippen molar-refractivity contribution >= 4 is 33.9 Å². The second-order valence-electron chi connectivity index (χ2n) is 8.42. The number of ketones is 1. The molecule has 0 bridgehead atoms. The van der Waals surface area contributed by atoms with Crippen LogP contribution < -0.4 is 20.7 Å². The van der Waals surface area contributed by atoms with Crippen molar-refractivity contribution in [3.8, 4) is 5.75 Å². The number of benzene rings is 5. The molecule has 0 aliphatic carbocycles. The molecule has 0 spiro atoms. The first-order valence-corrected chi connectivity index (χ1v) is 13.7. The van der Waals surface area contributed by atoms with Crippen molar-refractivity contribution in [3.63, 3.8) is 0 Å². The Morgan fingerprint density at radius 1 is 0.528 bits per heavy atom. The zero-order valence-electron chi connectivity index (χ0n) is 20.1. The Bertz CT molecular complexity index is 1410. The highest BCUT2D eigenvalue weighted by molar-refractivity contribution is 7.97. The summed E-state index contributed by atoms with van der Waals surface area (Å²) in [6, 6.07) is 48.8. The Morgan fingerprint density at radius 3 is 1.36 bits per heavy atom. The molecule has 0 aromatic heterocycles. The normalized spacial score (nSPS) is 11.0. The quantitative estimate of drug-likeness (QED) is 0.206. The summed E-state index contributed by atoms with van der Waals surface area (Å²) in [5.41, 5.74) is 1.48. The highest BCUT2D eigenvalue weighted by atomic mass is 31.2. The summed E-state index contributed by atoms with van der Waals surface area (Å²) in [6.45, 7) is -2.66. The Morgan fingerprint density at radius 2 is 0.917 bits per heavy atom. The lowest BCUT2D eigenvalue weighted by molar-refractivity contribution is 0.106. The largest absolute Gasteiger partial charge is 0.496 e. The molecule has 0 unspecified atom stereocenters. The molecule has 176 valence electrons. The number of methoxy groups -OCH3 is 1. The van der Waals surface area contributed by atoms with Crippen LogP contribution in [0.15, 0.2) is 146 Å². The second kappa shape index (κ2) is 10.6. The average molecular weight is 487 g/mol. The number of Topliss-reactive ketones (excluding diaryl/α,β-unsaturated/α-hetero) is 1. The SMILES string of the molecule is COc1ccccc1C(C(=O)c1ccccc1)=P(c1ccccc1)(c1ccccc1)c1ccccc1. The van der Waals surface area contributed by atoms with Crippen LogP contribution in [0.4, 0.5) is 0 Å². The van der Waals surface area contributed by atoms with Gasteiger partial charge in [-0.15, -0.1) is 0 Å². The summed E-state index contributed by atoms with van der Waals surface area (Å²) in [6.07, 6.45) is 0. The number of rotatable bonds is 7. The monoisotopic (exact) mass is 486 g/mol. The Balaban J connectivity index is 2.09. The van der Waals surface area contributed by atoms with Gasteiger partial charge in [0.2, 0.25) is 0 Å². The first-order valence-electron chi connectivity index (χ1n) is 11.9. The number of hydrogen-bond acceptors (Lipinski definition) is 2. The number of para-hydroxylation sites is 1. The number of hydrogen-bond donors (Lipinski definition) is 0. The van der Waals surface area contributed by atoms with E-state index in [-0.39, 0.29) is 5.78 Å². The van der Waals surface area contributed by atoms with Crippen molar-refractivity contribution in [1.29, 1.82) is 0 Å². The van der Waals surface area contributed by atoms with E-state index in [1.54, 1.807) is 7.11 Å². The van der Waals surface area contributed by atoms with Gasteiger partial charge in [0.1, 0.15) is 5.75 Å². The van der Waals surface area contributed by atoms with Gasteiger partial charge in [-0.25, -0.2) is 0 Å². The fourth-order valence-corrected chi connectivity index (χ4v) is 9.32. The summed E-state index contributed by atoms with van der Waals surface area (Å²) in [7, 11) is 1.66. The molecular formula is C33H27O2P. The molecule has 0 heterocycles. The maximum atomic E-state index is 14.7. The van der Waals surface area contributed by atoms with E-state index in [1.807, 2.05) is 72.8 Å². The Labute approximate surface area is 212 Å². The van der Waals surface area contributed by atoms with Gasteiger partial charge in [0.25, 0.3) is 0 Å². The van der Waals surface area contributed by atoms with Gasteiger partial charge in [-0.1, -0.05) is 140 Å². The molecule has 0 aliphatic rings. The average Bonchev–Trinajstić information content (AvgIpc) is 2.97. The summed E-state index contributed by atoms with van der Waals surface area (Å²) in [5, 5.41) is 4.11. The van der Waals surface area contributed by atoms with E-state index in [0.717, 1.165) is 26.8 Å². The standard InChI is InChI=1S/C33H27O2P/c1-35-31-25-15-14-24-30(31)33(32(34)26-16-6-2-7-17-26)36(27-18-8-3-9-19-27,28-20-10-4-11-21-28)29-22-12-5-13-23-29/h2-25H,1H3. The molecule has 0 fully saturated rings. The Hall–Kier alpha value is -4.13. The minimum Gasteiger partial charge on any atom is -0.496 e. The Kier molecular flexibility index (Phi) is 6.98. The molecule has 5 rings (SSSR count). The predicted octanol–water partition coefficient (Wildman–Crippen LogP) is 6.09. The molecule has 0 saturated carbocycles. The molecular weight excluding hydrogens is 459 g/mol. The van der Waals surface area contributed by atoms with Gasteiger partial charge in [-0.2, -0.15) is 0 Å². The van der Waals surface area contributed by atoms with E-state index in [2.05, 4.69) is 72.8 Å². The summed E-state index contributed by atoms with van der Waals surface area (Å²) >= 11 is 0. The molecule has 0 amide bonds. The van der Waals surface area contributed by atoms with Crippen LogP contribution in [0.25, 0.3) is 0 Å². The van der Waals surface area contributed by atoms with E-state index in [9.17, 15) is 4.79 Å². The van der Waals surface area contributed by atoms with Crippen molar-refractivity contribution in [2.24, 2.45) is 0 Å². The molecule has 36 heavy (non-hydrogen) atoms. The van der Waals surface area contributed by atoms with Gasteiger partial charge in [0, 0.05) is 16.4 Å². The minimum absolute atomic E-state index is 0.00462. The van der Waals surface area contributed by atoms with Crippen LogP contribution >= 0.6 is 6.89 Å². The maximum Gasteiger partial charge on any atom is 0.194 e. The van der Waals surface area contributed by atoms with E-state index in [4.69, 9.17) is 4.74 Å². The smallest absolute Gasteiger partial charge is 0.194 e. The number of carbonyl (C=O) groups is 1. The number of carbonyl (C=O) groups excluding carboxylic acids is 1. The third-order valence-electron chi connectivity index (χ3n) is 6.38. The van der Waals surface area contributed by atoms with Crippen LogP contribution in [-0.2, 0) is 0 Å². The fourth-order valence-electron chi connectivity index (χ4n) is 4.81. The van der Waals surface area contributed by atoms with Gasteiger partial charge in [-0.3, -0.25) is 4.79 Å². The van der Waals surface area contributed by atoms with Crippen LogP contribution in [0.2, 0.25) is 0 Å². The summed E-state index contributed by atoms with van der Waals surface area (Å²) < 4.78 is 5.86. The van der Waals surface area contributed by atoms with Crippen molar-refractivity contribution < 1.29 is 9.53 Å². The third-order valence-corrected chi connectivity index (χ3v) is 10.7. The summed E-state index contributed by atoms with van der Waals surface area (Å²) in [5.74, 6) is 0.689. The van der Waals surface area contributed by atoms with Crippen molar-refractivity contribution in [2.45, 2.75) is 0 Å². The first-order chi connectivity index (χ1) is 17.8. The van der Waals surface area contributed by atoms with Crippen LogP contribution in [0.3, 0.4) is 0 Å². The highest BCUT2D eigenvalue weighted by Gasteiger charge is 2.35. The molecule has 5 aromatic rings. The van der Waals surface area contributed by atoms with Crippen LogP contribution in [0.1, 0.15) is 15.9 Å². The van der Waals surface area contributed by atoms with Gasteiger partial charge in [0.15, 0.2) is 5.78 Å². The molecule has 0 radical (unpaired) electrons. The predicted molar refractivity (Wildman–Crippen MR) is 153 cm³/mol. The molecule has 0 saturated heterocycles.